The average molecular weight is 298 g/mol. The van der Waals surface area contributed by atoms with E-state index in [2.05, 4.69) is 4.98 Å². The lowest BCUT2D eigenvalue weighted by Gasteiger charge is -2.10. The van der Waals surface area contributed by atoms with Crippen LogP contribution in [0.1, 0.15) is 16.1 Å². The monoisotopic (exact) mass is 297 g/mol. The summed E-state index contributed by atoms with van der Waals surface area (Å²) in [6, 6.07) is 8.22. The number of pyridine rings is 1. The topological polar surface area (TPSA) is 59.4 Å². The predicted molar refractivity (Wildman–Crippen MR) is 72.0 cm³/mol. The Morgan fingerprint density at radius 1 is 1.21 bits per heavy atom. The van der Waals surface area contributed by atoms with Crippen molar-refractivity contribution in [2.45, 2.75) is 6.61 Å². The highest BCUT2D eigenvalue weighted by Gasteiger charge is 2.13. The molecule has 0 aliphatic carbocycles. The third kappa shape index (κ3) is 3.16. The maximum Gasteiger partial charge on any atom is 0.358 e. The summed E-state index contributed by atoms with van der Waals surface area (Å²) in [6.07, 6.45) is 1.39. The molecule has 4 nitrogen and oxygen atoms in total. The number of hydrogen-bond acceptors (Lipinski definition) is 3. The fourth-order valence-corrected chi connectivity index (χ4v) is 1.99. The van der Waals surface area contributed by atoms with Crippen molar-refractivity contribution < 1.29 is 14.6 Å². The Hall–Kier alpha value is -1.78. The van der Waals surface area contributed by atoms with Gasteiger partial charge in [0.15, 0.2) is 11.4 Å². The van der Waals surface area contributed by atoms with Gasteiger partial charge in [0.2, 0.25) is 0 Å². The molecular weight excluding hydrogens is 289 g/mol. The highest BCUT2D eigenvalue weighted by Crippen LogP contribution is 2.26. The number of halogens is 2. The molecule has 0 aliphatic rings. The lowest BCUT2D eigenvalue weighted by Crippen LogP contribution is -2.06. The Morgan fingerprint density at radius 3 is 2.53 bits per heavy atom. The summed E-state index contributed by atoms with van der Waals surface area (Å²) in [5.74, 6) is -0.980. The van der Waals surface area contributed by atoms with Gasteiger partial charge in [-0.25, -0.2) is 9.78 Å². The molecule has 0 unspecified atom stereocenters. The van der Waals surface area contributed by atoms with Crippen LogP contribution in [0.15, 0.2) is 36.5 Å². The lowest BCUT2D eigenvalue weighted by atomic mass is 10.2. The average Bonchev–Trinajstić information content (AvgIpc) is 2.38. The molecule has 0 amide bonds. The van der Waals surface area contributed by atoms with Crippen LogP contribution in [0.4, 0.5) is 0 Å². The van der Waals surface area contributed by atoms with E-state index in [1.54, 1.807) is 24.3 Å². The number of ether oxygens (including phenoxy) is 1. The van der Waals surface area contributed by atoms with Crippen LogP contribution in [0, 0.1) is 0 Å². The van der Waals surface area contributed by atoms with Gasteiger partial charge in [-0.2, -0.15) is 0 Å². The molecule has 0 saturated carbocycles. The number of nitrogens with zero attached hydrogens (tertiary/aromatic N) is 1. The Bertz CT molecular complexity index is 596. The largest absolute Gasteiger partial charge is 0.486 e. The van der Waals surface area contributed by atoms with Crippen molar-refractivity contribution in [3.63, 3.8) is 0 Å². The summed E-state index contributed by atoms with van der Waals surface area (Å²) >= 11 is 12.0. The Balaban J connectivity index is 2.22. The summed E-state index contributed by atoms with van der Waals surface area (Å²) < 4.78 is 5.43. The summed E-state index contributed by atoms with van der Waals surface area (Å²) in [5.41, 5.74) is 0.455. The fraction of sp³-hybridized carbons (Fsp3) is 0.0769. The molecule has 0 aliphatic heterocycles. The smallest absolute Gasteiger partial charge is 0.358 e. The minimum absolute atomic E-state index is 0.0739. The second kappa shape index (κ2) is 5.91. The number of aromatic nitrogens is 1. The van der Waals surface area contributed by atoms with E-state index in [0.29, 0.717) is 15.6 Å². The highest BCUT2D eigenvalue weighted by molar-refractivity contribution is 6.35. The van der Waals surface area contributed by atoms with Gasteiger partial charge in [0.05, 0.1) is 0 Å². The lowest BCUT2D eigenvalue weighted by molar-refractivity contribution is 0.0685. The molecule has 1 aromatic carbocycles. The molecule has 0 spiro atoms. The van der Waals surface area contributed by atoms with Crippen molar-refractivity contribution >= 4 is 29.2 Å². The van der Waals surface area contributed by atoms with Crippen LogP contribution in [-0.4, -0.2) is 16.1 Å². The van der Waals surface area contributed by atoms with Crippen LogP contribution in [0.25, 0.3) is 0 Å². The molecule has 1 N–H and O–H groups in total. The first kappa shape index (κ1) is 13.6. The van der Waals surface area contributed by atoms with Crippen LogP contribution < -0.4 is 4.74 Å². The Kier molecular flexibility index (Phi) is 4.24. The van der Waals surface area contributed by atoms with Crippen LogP contribution in [0.3, 0.4) is 0 Å². The first-order valence-corrected chi connectivity index (χ1v) is 6.09. The first-order valence-electron chi connectivity index (χ1n) is 5.33. The molecule has 2 rings (SSSR count). The van der Waals surface area contributed by atoms with Crippen LogP contribution in [0.2, 0.25) is 10.0 Å². The number of carbonyl (C=O) groups is 1. The molecule has 19 heavy (non-hydrogen) atoms. The molecule has 0 radical (unpaired) electrons. The third-order valence-electron chi connectivity index (χ3n) is 2.41. The highest BCUT2D eigenvalue weighted by atomic mass is 35.5. The van der Waals surface area contributed by atoms with E-state index in [1.807, 2.05) is 0 Å². The van der Waals surface area contributed by atoms with Crippen molar-refractivity contribution in [3.8, 4) is 5.75 Å². The number of benzene rings is 1. The minimum Gasteiger partial charge on any atom is -0.486 e. The summed E-state index contributed by atoms with van der Waals surface area (Å²) in [4.78, 5) is 14.7. The van der Waals surface area contributed by atoms with Gasteiger partial charge in [0.25, 0.3) is 0 Å². The van der Waals surface area contributed by atoms with Gasteiger partial charge < -0.3 is 9.84 Å². The van der Waals surface area contributed by atoms with E-state index in [1.165, 1.54) is 12.3 Å². The quantitative estimate of drug-likeness (QED) is 0.935. The van der Waals surface area contributed by atoms with E-state index in [0.717, 1.165) is 0 Å². The summed E-state index contributed by atoms with van der Waals surface area (Å²) in [7, 11) is 0. The molecular formula is C13H9Cl2NO3. The number of hydrogen-bond donors (Lipinski definition) is 1. The second-order valence-corrected chi connectivity index (χ2v) is 4.46. The van der Waals surface area contributed by atoms with Crippen molar-refractivity contribution in [3.05, 3.63) is 57.8 Å². The van der Waals surface area contributed by atoms with Crippen molar-refractivity contribution in [2.75, 3.05) is 0 Å². The van der Waals surface area contributed by atoms with Crippen LogP contribution in [-0.2, 0) is 6.61 Å². The van der Waals surface area contributed by atoms with Gasteiger partial charge in [-0.05, 0) is 24.3 Å². The standard InChI is InChI=1S/C13H9Cl2NO3/c14-9-3-1-4-10(15)8(9)7-19-11-5-2-6-16-12(11)13(17)18/h1-6H,7H2,(H,17,18). The number of carboxylic acids is 1. The minimum atomic E-state index is -1.15. The zero-order valence-corrected chi connectivity index (χ0v) is 11.1. The Labute approximate surface area is 119 Å². The van der Waals surface area contributed by atoms with E-state index < -0.39 is 5.97 Å². The van der Waals surface area contributed by atoms with E-state index in [-0.39, 0.29) is 18.1 Å². The molecule has 0 fully saturated rings. The van der Waals surface area contributed by atoms with Gasteiger partial charge in [0.1, 0.15) is 6.61 Å². The van der Waals surface area contributed by atoms with Gasteiger partial charge in [-0.1, -0.05) is 29.3 Å². The fourth-order valence-electron chi connectivity index (χ4n) is 1.49. The van der Waals surface area contributed by atoms with Crippen LogP contribution in [0.5, 0.6) is 5.75 Å². The molecule has 2 aromatic rings. The van der Waals surface area contributed by atoms with E-state index >= 15 is 0 Å². The third-order valence-corrected chi connectivity index (χ3v) is 3.12. The molecule has 0 saturated heterocycles. The molecule has 0 bridgehead atoms. The first-order chi connectivity index (χ1) is 9.09. The second-order valence-electron chi connectivity index (χ2n) is 3.64. The molecule has 98 valence electrons. The molecule has 1 heterocycles. The van der Waals surface area contributed by atoms with Gasteiger partial charge in [-0.3, -0.25) is 0 Å². The van der Waals surface area contributed by atoms with Crippen LogP contribution >= 0.6 is 23.2 Å². The van der Waals surface area contributed by atoms with Crippen molar-refractivity contribution in [2.24, 2.45) is 0 Å². The molecule has 1 aromatic heterocycles. The molecule has 6 heteroatoms. The predicted octanol–water partition coefficient (Wildman–Crippen LogP) is 3.67. The summed E-state index contributed by atoms with van der Waals surface area (Å²) in [6.45, 7) is 0.0739. The van der Waals surface area contributed by atoms with Gasteiger partial charge in [-0.15, -0.1) is 0 Å². The SMILES string of the molecule is O=C(O)c1ncccc1OCc1c(Cl)cccc1Cl. The van der Waals surface area contributed by atoms with Crippen molar-refractivity contribution in [1.29, 1.82) is 0 Å². The van der Waals surface area contributed by atoms with Gasteiger partial charge in [0, 0.05) is 21.8 Å². The maximum absolute atomic E-state index is 11.0. The zero-order chi connectivity index (χ0) is 13.8. The van der Waals surface area contributed by atoms with E-state index in [9.17, 15) is 4.79 Å². The normalized spacial score (nSPS) is 10.2. The van der Waals surface area contributed by atoms with Crippen molar-refractivity contribution in [1.82, 2.24) is 4.98 Å². The number of aromatic carboxylic acids is 1. The number of rotatable bonds is 4. The number of carboxylic acid groups (broad SMARTS) is 1. The summed E-state index contributed by atoms with van der Waals surface area (Å²) in [5, 5.41) is 9.91. The van der Waals surface area contributed by atoms with Gasteiger partial charge >= 0.3 is 5.97 Å². The van der Waals surface area contributed by atoms with E-state index in [4.69, 9.17) is 33.0 Å². The maximum atomic E-state index is 11.0. The molecule has 0 atom stereocenters. The zero-order valence-electron chi connectivity index (χ0n) is 9.64. The Morgan fingerprint density at radius 2 is 1.89 bits per heavy atom.